The van der Waals surface area contributed by atoms with Crippen molar-refractivity contribution in [2.75, 3.05) is 0 Å². The van der Waals surface area contributed by atoms with Crippen molar-refractivity contribution in [2.24, 2.45) is 0 Å². The zero-order valence-corrected chi connectivity index (χ0v) is 27.8. The van der Waals surface area contributed by atoms with Crippen molar-refractivity contribution in [3.8, 4) is 22.8 Å². The molecule has 11 heteroatoms. The summed E-state index contributed by atoms with van der Waals surface area (Å²) < 4.78 is 39.1. The highest BCUT2D eigenvalue weighted by atomic mass is 28.4. The van der Waals surface area contributed by atoms with Gasteiger partial charge in [0.15, 0.2) is 8.32 Å². The summed E-state index contributed by atoms with van der Waals surface area (Å²) in [5.41, 5.74) is 4.74. The van der Waals surface area contributed by atoms with Crippen LogP contribution < -0.4 is 0 Å². The first-order chi connectivity index (χ1) is 22.2. The Morgan fingerprint density at radius 1 is 0.609 bits per heavy atom. The van der Waals surface area contributed by atoms with Crippen LogP contribution in [0.3, 0.4) is 0 Å². The zero-order chi connectivity index (χ0) is 31.9. The molecule has 0 N–H and O–H groups in total. The topological polar surface area (TPSA) is 107 Å². The second-order valence-electron chi connectivity index (χ2n) is 13.4. The molecule has 4 bridgehead atoms. The van der Waals surface area contributed by atoms with Crippen LogP contribution in [0.15, 0.2) is 85.2 Å². The summed E-state index contributed by atoms with van der Waals surface area (Å²) in [4.78, 5) is 18.5. The van der Waals surface area contributed by atoms with Crippen LogP contribution in [0.2, 0.25) is 18.1 Å². The quantitative estimate of drug-likeness (QED) is 0.193. The second-order valence-corrected chi connectivity index (χ2v) is 18.2. The van der Waals surface area contributed by atoms with Crippen molar-refractivity contribution in [3.63, 3.8) is 0 Å². The molecule has 10 nitrogen and oxygen atoms in total. The molecular formula is C35H40N4O6Si. The number of ether oxygens (including phenoxy) is 5. The molecule has 3 aliphatic heterocycles. The molecular weight excluding hydrogens is 600 g/mol. The van der Waals surface area contributed by atoms with Crippen LogP contribution in [0, 0.1) is 0 Å². The molecule has 3 saturated heterocycles. The summed E-state index contributed by atoms with van der Waals surface area (Å²) in [5.74, 6) is 0. The van der Waals surface area contributed by atoms with E-state index in [-0.39, 0.29) is 30.5 Å². The summed E-state index contributed by atoms with van der Waals surface area (Å²) in [6, 6.07) is 23.3. The smallest absolute Gasteiger partial charge is 0.272 e. The Labute approximate surface area is 270 Å². The van der Waals surface area contributed by atoms with Crippen LogP contribution in [0.25, 0.3) is 22.8 Å². The Kier molecular flexibility index (Phi) is 8.57. The lowest BCUT2D eigenvalue weighted by molar-refractivity contribution is -0.485. The lowest BCUT2D eigenvalue weighted by atomic mass is 9.82. The van der Waals surface area contributed by atoms with Gasteiger partial charge < -0.3 is 28.1 Å². The zero-order valence-electron chi connectivity index (χ0n) is 26.8. The SMILES string of the molecule is CC(C)(C)[Si](C)(C)OC1[C@H]2OC3OC([C@H]2OCc2cccc(-c4ccccn4)n2)[C@H](OCc2cccc(-c4ccccn4)n2)[C@H]1O3. The van der Waals surface area contributed by atoms with Gasteiger partial charge in [0.05, 0.1) is 47.4 Å². The Hall–Kier alpha value is -3.42. The van der Waals surface area contributed by atoms with Crippen molar-refractivity contribution in [3.05, 3.63) is 96.6 Å². The van der Waals surface area contributed by atoms with Gasteiger partial charge >= 0.3 is 0 Å². The van der Waals surface area contributed by atoms with E-state index in [9.17, 15) is 0 Å². The summed E-state index contributed by atoms with van der Waals surface area (Å²) in [6.45, 7) is 10.9. The van der Waals surface area contributed by atoms with Gasteiger partial charge in [-0.1, -0.05) is 45.0 Å². The first kappa shape index (κ1) is 31.2. The molecule has 46 heavy (non-hydrogen) atoms. The van der Waals surface area contributed by atoms with Crippen LogP contribution in [0.4, 0.5) is 0 Å². The fraction of sp³-hybridized carbons (Fsp3) is 0.429. The van der Waals surface area contributed by atoms with Crippen molar-refractivity contribution >= 4 is 8.32 Å². The highest BCUT2D eigenvalue weighted by molar-refractivity contribution is 6.74. The average Bonchev–Trinajstić information content (AvgIpc) is 3.06. The van der Waals surface area contributed by atoms with Gasteiger partial charge in [-0.15, -0.1) is 0 Å². The number of nitrogens with zero attached hydrogens (tertiary/aromatic N) is 4. The molecule has 240 valence electrons. The van der Waals surface area contributed by atoms with Gasteiger partial charge in [0.1, 0.15) is 36.6 Å². The van der Waals surface area contributed by atoms with Crippen LogP contribution in [0.1, 0.15) is 32.2 Å². The van der Waals surface area contributed by atoms with Gasteiger partial charge in [0, 0.05) is 12.4 Å². The minimum Gasteiger partial charge on any atom is -0.408 e. The van der Waals surface area contributed by atoms with Crippen LogP contribution in [-0.2, 0) is 41.3 Å². The number of aromatic nitrogens is 4. The van der Waals surface area contributed by atoms with Gasteiger partial charge in [0.2, 0.25) is 0 Å². The average molecular weight is 641 g/mol. The summed E-state index contributed by atoms with van der Waals surface area (Å²) in [6.07, 6.45) is 0.986. The normalized spacial score (nSPS) is 27.2. The third-order valence-corrected chi connectivity index (χ3v) is 13.8. The van der Waals surface area contributed by atoms with E-state index in [4.69, 9.17) is 38.1 Å². The van der Waals surface area contributed by atoms with Gasteiger partial charge in [-0.05, 0) is 66.7 Å². The van der Waals surface area contributed by atoms with Crippen molar-refractivity contribution in [1.82, 2.24) is 19.9 Å². The van der Waals surface area contributed by atoms with Crippen molar-refractivity contribution < 1.29 is 28.1 Å². The number of pyridine rings is 4. The van der Waals surface area contributed by atoms with E-state index in [0.717, 1.165) is 34.2 Å². The summed E-state index contributed by atoms with van der Waals surface area (Å²) in [7, 11) is -2.24. The number of rotatable bonds is 10. The summed E-state index contributed by atoms with van der Waals surface area (Å²) >= 11 is 0. The molecule has 4 aliphatic rings. The Bertz CT molecular complexity index is 1530. The molecule has 7 atom stereocenters. The number of hydrogen-bond acceptors (Lipinski definition) is 10. The standard InChI is InChI=1S/C35H40N4O6Si/c1-35(2,3)46(4,5)45-33-31-28(40-20-22-12-10-16-26(38-22)24-14-6-8-18-36-24)30-29(32(33)44-34(42-30)43-31)41-21-23-13-11-17-27(39-23)25-15-7-9-19-37-25/h6-19,28-34H,20-21H2,1-5H3/t28-,29+,30?,31+,32-,33?,34?. The van der Waals surface area contributed by atoms with Crippen LogP contribution in [0.5, 0.6) is 0 Å². The summed E-state index contributed by atoms with van der Waals surface area (Å²) in [5, 5.41) is -0.0173. The molecule has 1 aliphatic carbocycles. The number of hydrogen-bond donors (Lipinski definition) is 0. The van der Waals surface area contributed by atoms with E-state index in [1.165, 1.54) is 0 Å². The first-order valence-corrected chi connectivity index (χ1v) is 18.7. The van der Waals surface area contributed by atoms with E-state index in [1.54, 1.807) is 12.4 Å². The minimum absolute atomic E-state index is 0.0173. The van der Waals surface area contributed by atoms with Gasteiger partial charge in [-0.2, -0.15) is 0 Å². The molecule has 4 aromatic rings. The lowest BCUT2D eigenvalue weighted by Gasteiger charge is -2.60. The maximum atomic E-state index is 7.02. The predicted molar refractivity (Wildman–Crippen MR) is 173 cm³/mol. The molecule has 0 aromatic carbocycles. The Morgan fingerprint density at radius 2 is 1.07 bits per heavy atom. The lowest BCUT2D eigenvalue weighted by Crippen LogP contribution is -2.77. The highest BCUT2D eigenvalue weighted by Gasteiger charge is 2.64. The van der Waals surface area contributed by atoms with Crippen molar-refractivity contribution in [2.45, 2.75) is 95.2 Å². The van der Waals surface area contributed by atoms with Gasteiger partial charge in [0.25, 0.3) is 6.48 Å². The van der Waals surface area contributed by atoms with E-state index < -0.39 is 39.2 Å². The largest absolute Gasteiger partial charge is 0.408 e. The van der Waals surface area contributed by atoms with Crippen LogP contribution >= 0.6 is 0 Å². The van der Waals surface area contributed by atoms with Gasteiger partial charge in [-0.25, -0.2) is 9.97 Å². The van der Waals surface area contributed by atoms with Gasteiger partial charge in [-0.3, -0.25) is 9.97 Å². The maximum Gasteiger partial charge on any atom is 0.272 e. The monoisotopic (exact) mass is 640 g/mol. The maximum absolute atomic E-state index is 7.02. The van der Waals surface area contributed by atoms with E-state index in [2.05, 4.69) is 43.8 Å². The predicted octanol–water partition coefficient (Wildman–Crippen LogP) is 5.94. The van der Waals surface area contributed by atoms with E-state index >= 15 is 0 Å². The molecule has 0 spiro atoms. The van der Waals surface area contributed by atoms with E-state index in [0.29, 0.717) is 0 Å². The fourth-order valence-electron chi connectivity index (χ4n) is 5.89. The van der Waals surface area contributed by atoms with Crippen molar-refractivity contribution in [1.29, 1.82) is 0 Å². The molecule has 0 amide bonds. The fourth-order valence-corrected chi connectivity index (χ4v) is 7.20. The molecule has 7 heterocycles. The second kappa shape index (κ2) is 12.6. The highest BCUT2D eigenvalue weighted by Crippen LogP contribution is 2.47. The Morgan fingerprint density at radius 3 is 1.50 bits per heavy atom. The molecule has 0 radical (unpaired) electrons. The molecule has 4 fully saturated rings. The van der Waals surface area contributed by atoms with Crippen LogP contribution in [-0.4, -0.2) is 71.4 Å². The minimum atomic E-state index is -2.24. The molecule has 1 saturated carbocycles. The molecule has 4 aromatic heterocycles. The third-order valence-electron chi connectivity index (χ3n) is 9.30. The molecule has 8 rings (SSSR count). The van der Waals surface area contributed by atoms with E-state index in [1.807, 2.05) is 72.8 Å². The first-order valence-electron chi connectivity index (χ1n) is 15.8. The Balaban J connectivity index is 1.14. The third kappa shape index (κ3) is 6.28. The molecule has 3 unspecified atom stereocenters.